The SMILES string of the molecule is CC(C)[Si](c1cc2c(Br)cccc2[nH]1)(C(C)C)C(C)C. The minimum atomic E-state index is -1.59. The van der Waals surface area contributed by atoms with Crippen molar-refractivity contribution < 1.29 is 0 Å². The highest BCUT2D eigenvalue weighted by Crippen LogP contribution is 2.41. The Morgan fingerprint density at radius 1 is 0.950 bits per heavy atom. The van der Waals surface area contributed by atoms with Crippen LogP contribution < -0.4 is 5.32 Å². The largest absolute Gasteiger partial charge is 0.362 e. The van der Waals surface area contributed by atoms with Gasteiger partial charge in [-0.25, -0.2) is 0 Å². The number of aromatic amines is 1. The average molecular weight is 352 g/mol. The standard InChI is InChI=1S/C17H26BrNSi/c1-11(2)20(12(3)4,13(5)6)17-10-14-15(18)8-7-9-16(14)19-17/h7-13,19H,1-6H3. The first-order valence-electron chi connectivity index (χ1n) is 7.59. The minimum Gasteiger partial charge on any atom is -0.362 e. The number of halogens is 1. The molecule has 0 aliphatic rings. The van der Waals surface area contributed by atoms with Crippen molar-refractivity contribution in [3.63, 3.8) is 0 Å². The summed E-state index contributed by atoms with van der Waals surface area (Å²) in [6.07, 6.45) is 0. The monoisotopic (exact) mass is 351 g/mol. The lowest BCUT2D eigenvalue weighted by Gasteiger charge is -2.42. The van der Waals surface area contributed by atoms with Crippen LogP contribution in [-0.2, 0) is 0 Å². The number of benzene rings is 1. The highest BCUT2D eigenvalue weighted by atomic mass is 79.9. The van der Waals surface area contributed by atoms with Crippen molar-refractivity contribution >= 4 is 40.2 Å². The number of hydrogen-bond acceptors (Lipinski definition) is 0. The van der Waals surface area contributed by atoms with Gasteiger partial charge in [0.15, 0.2) is 0 Å². The Kier molecular flexibility index (Phi) is 4.50. The fourth-order valence-electron chi connectivity index (χ4n) is 4.28. The lowest BCUT2D eigenvalue weighted by atomic mass is 10.3. The molecule has 0 spiro atoms. The van der Waals surface area contributed by atoms with Crippen LogP contribution in [0.1, 0.15) is 41.5 Å². The van der Waals surface area contributed by atoms with E-state index < -0.39 is 8.07 Å². The molecular weight excluding hydrogens is 326 g/mol. The van der Waals surface area contributed by atoms with Crippen molar-refractivity contribution in [1.82, 2.24) is 4.98 Å². The summed E-state index contributed by atoms with van der Waals surface area (Å²) < 4.78 is 1.19. The molecule has 1 nitrogen and oxygen atoms in total. The highest BCUT2D eigenvalue weighted by Gasteiger charge is 2.45. The first kappa shape index (κ1) is 15.8. The molecule has 1 N–H and O–H groups in total. The second-order valence-corrected chi connectivity index (χ2v) is 13.5. The maximum absolute atomic E-state index is 3.75. The van der Waals surface area contributed by atoms with E-state index in [1.165, 1.54) is 20.7 Å². The molecule has 2 aromatic rings. The van der Waals surface area contributed by atoms with E-state index in [9.17, 15) is 0 Å². The summed E-state index contributed by atoms with van der Waals surface area (Å²) in [7, 11) is -1.59. The fourth-order valence-corrected chi connectivity index (χ4v) is 11.4. The zero-order valence-corrected chi connectivity index (χ0v) is 16.0. The van der Waals surface area contributed by atoms with Crippen molar-refractivity contribution in [2.24, 2.45) is 0 Å². The van der Waals surface area contributed by atoms with E-state index in [2.05, 4.69) is 86.7 Å². The van der Waals surface area contributed by atoms with Gasteiger partial charge >= 0.3 is 0 Å². The number of H-pyrrole nitrogens is 1. The molecule has 1 heterocycles. The third-order valence-corrected chi connectivity index (χ3v) is 12.6. The predicted molar refractivity (Wildman–Crippen MR) is 96.7 cm³/mol. The fraction of sp³-hybridized carbons (Fsp3) is 0.529. The molecule has 0 unspecified atom stereocenters. The van der Waals surface area contributed by atoms with Crippen molar-refractivity contribution in [3.8, 4) is 0 Å². The number of nitrogens with one attached hydrogen (secondary N) is 1. The van der Waals surface area contributed by atoms with Gasteiger partial charge in [0.25, 0.3) is 0 Å². The van der Waals surface area contributed by atoms with Crippen molar-refractivity contribution in [1.29, 1.82) is 0 Å². The van der Waals surface area contributed by atoms with E-state index in [4.69, 9.17) is 0 Å². The zero-order chi connectivity index (χ0) is 15.1. The molecule has 0 aliphatic heterocycles. The van der Waals surface area contributed by atoms with Crippen LogP contribution in [-0.4, -0.2) is 13.1 Å². The zero-order valence-electron chi connectivity index (χ0n) is 13.4. The first-order chi connectivity index (χ1) is 9.31. The van der Waals surface area contributed by atoms with Gasteiger partial charge in [-0.1, -0.05) is 63.5 Å². The topological polar surface area (TPSA) is 15.8 Å². The van der Waals surface area contributed by atoms with Crippen molar-refractivity contribution in [3.05, 3.63) is 28.7 Å². The van der Waals surface area contributed by atoms with E-state index >= 15 is 0 Å². The van der Waals surface area contributed by atoms with Crippen LogP contribution in [0.5, 0.6) is 0 Å². The maximum atomic E-state index is 3.75. The molecule has 1 aromatic heterocycles. The molecule has 20 heavy (non-hydrogen) atoms. The number of aromatic nitrogens is 1. The van der Waals surface area contributed by atoms with Crippen LogP contribution >= 0.6 is 15.9 Å². The smallest absolute Gasteiger partial charge is 0.115 e. The third kappa shape index (κ3) is 2.29. The first-order valence-corrected chi connectivity index (χ1v) is 10.6. The van der Waals surface area contributed by atoms with E-state index in [-0.39, 0.29) is 0 Å². The summed E-state index contributed by atoms with van der Waals surface area (Å²) in [5, 5.41) is 2.83. The van der Waals surface area contributed by atoms with Gasteiger partial charge in [0.05, 0.1) is 0 Å². The Hall–Kier alpha value is -0.543. The van der Waals surface area contributed by atoms with Crippen LogP contribution in [0.2, 0.25) is 16.6 Å². The number of fused-ring (bicyclic) bond motifs is 1. The summed E-state index contributed by atoms with van der Waals surface area (Å²) in [6.45, 7) is 14.5. The quantitative estimate of drug-likeness (QED) is 0.668. The molecule has 0 bridgehead atoms. The van der Waals surface area contributed by atoms with Gasteiger partial charge in [0.2, 0.25) is 0 Å². The predicted octanol–water partition coefficient (Wildman–Crippen LogP) is 5.82. The number of hydrogen-bond donors (Lipinski definition) is 1. The molecule has 1 aromatic carbocycles. The molecule has 0 amide bonds. The second-order valence-electron chi connectivity index (χ2n) is 6.78. The van der Waals surface area contributed by atoms with Crippen molar-refractivity contribution in [2.75, 3.05) is 0 Å². The molecule has 0 atom stereocenters. The summed E-state index contributed by atoms with van der Waals surface area (Å²) in [5.41, 5.74) is 3.45. The van der Waals surface area contributed by atoms with Gasteiger partial charge in [0, 0.05) is 20.7 Å². The van der Waals surface area contributed by atoms with Crippen LogP contribution in [0.15, 0.2) is 28.7 Å². The van der Waals surface area contributed by atoms with Gasteiger partial charge in [-0.2, -0.15) is 0 Å². The van der Waals surface area contributed by atoms with Gasteiger partial charge < -0.3 is 4.98 Å². The van der Waals surface area contributed by atoms with Crippen LogP contribution in [0.3, 0.4) is 0 Å². The Bertz CT molecular complexity index is 576. The molecule has 0 fully saturated rings. The summed E-state index contributed by atoms with van der Waals surface area (Å²) >= 11 is 3.68. The summed E-state index contributed by atoms with van der Waals surface area (Å²) in [6, 6.07) is 8.83. The highest BCUT2D eigenvalue weighted by molar-refractivity contribution is 9.10. The molecule has 0 aliphatic carbocycles. The normalized spacial score (nSPS) is 13.1. The van der Waals surface area contributed by atoms with Crippen LogP contribution in [0, 0.1) is 0 Å². The molecule has 0 saturated carbocycles. The van der Waals surface area contributed by atoms with Gasteiger partial charge in [-0.15, -0.1) is 0 Å². The van der Waals surface area contributed by atoms with Crippen LogP contribution in [0.4, 0.5) is 0 Å². The molecular formula is C17H26BrNSi. The Morgan fingerprint density at radius 2 is 1.50 bits per heavy atom. The van der Waals surface area contributed by atoms with Gasteiger partial charge in [-0.05, 0) is 34.8 Å². The maximum Gasteiger partial charge on any atom is 0.115 e. The molecule has 2 rings (SSSR count). The van der Waals surface area contributed by atoms with E-state index in [1.807, 2.05) is 0 Å². The minimum absolute atomic E-state index is 0.731. The second kappa shape index (κ2) is 5.68. The molecule has 110 valence electrons. The summed E-state index contributed by atoms with van der Waals surface area (Å²) in [4.78, 5) is 3.75. The Balaban J connectivity index is 2.72. The number of rotatable bonds is 4. The van der Waals surface area contributed by atoms with E-state index in [0.29, 0.717) is 0 Å². The Labute approximate surface area is 132 Å². The Morgan fingerprint density at radius 3 is 1.95 bits per heavy atom. The van der Waals surface area contributed by atoms with Crippen molar-refractivity contribution in [2.45, 2.75) is 58.2 Å². The molecule has 0 radical (unpaired) electrons. The van der Waals surface area contributed by atoms with Gasteiger partial charge in [0.1, 0.15) is 8.07 Å². The summed E-state index contributed by atoms with van der Waals surface area (Å²) in [5.74, 6) is 0. The van der Waals surface area contributed by atoms with Crippen LogP contribution in [0.25, 0.3) is 10.9 Å². The average Bonchev–Trinajstić information content (AvgIpc) is 2.73. The molecule has 0 saturated heterocycles. The lowest BCUT2D eigenvalue weighted by Crippen LogP contribution is -2.56. The van der Waals surface area contributed by atoms with E-state index in [1.54, 1.807) is 0 Å². The molecule has 3 heteroatoms. The van der Waals surface area contributed by atoms with Gasteiger partial charge in [-0.3, -0.25) is 0 Å². The van der Waals surface area contributed by atoms with E-state index in [0.717, 1.165) is 16.6 Å². The third-order valence-electron chi connectivity index (χ3n) is 4.94. The lowest BCUT2D eigenvalue weighted by molar-refractivity contribution is 0.832.